The Kier molecular flexibility index (Phi) is 5.19. The average Bonchev–Trinajstić information content (AvgIpc) is 3.08. The van der Waals surface area contributed by atoms with Gasteiger partial charge < -0.3 is 9.64 Å². The molecule has 0 aliphatic carbocycles. The Balaban J connectivity index is 1.87. The van der Waals surface area contributed by atoms with Crippen LogP contribution in [-0.4, -0.2) is 34.5 Å². The Morgan fingerprint density at radius 2 is 1.96 bits per heavy atom. The molecular weight excluding hydrogens is 340 g/mol. The SMILES string of the molecule is CCOC(=O)c1[nH]nnc1CN(CC)c1ccc2cc(Cl)ccc2c1. The standard InChI is InChI=1S/C18H19ClN4O2/c1-3-23(11-16-17(21-22-20-16)18(24)25-4-2)15-8-6-12-9-14(19)7-5-13(12)10-15/h5-10H,3-4,11H2,1-2H3,(H,20,21,22). The van der Waals surface area contributed by atoms with E-state index in [9.17, 15) is 4.79 Å². The van der Waals surface area contributed by atoms with Crippen molar-refractivity contribution in [1.82, 2.24) is 15.4 Å². The second-order valence-corrected chi connectivity index (χ2v) is 5.98. The third-order valence-corrected chi connectivity index (χ3v) is 4.21. The maximum atomic E-state index is 12.0. The van der Waals surface area contributed by atoms with Crippen LogP contribution in [0.2, 0.25) is 5.02 Å². The van der Waals surface area contributed by atoms with Crippen LogP contribution in [0.1, 0.15) is 30.0 Å². The molecule has 130 valence electrons. The molecule has 0 saturated carbocycles. The molecule has 0 fully saturated rings. The predicted molar refractivity (Wildman–Crippen MR) is 98.0 cm³/mol. The van der Waals surface area contributed by atoms with Crippen molar-refractivity contribution in [3.05, 3.63) is 52.8 Å². The van der Waals surface area contributed by atoms with E-state index in [1.807, 2.05) is 30.3 Å². The molecule has 1 N–H and O–H groups in total. The van der Waals surface area contributed by atoms with Crippen LogP contribution in [0.3, 0.4) is 0 Å². The highest BCUT2D eigenvalue weighted by molar-refractivity contribution is 6.31. The van der Waals surface area contributed by atoms with E-state index in [0.29, 0.717) is 29.6 Å². The van der Waals surface area contributed by atoms with E-state index in [2.05, 4.69) is 33.3 Å². The van der Waals surface area contributed by atoms with Crippen molar-refractivity contribution in [3.8, 4) is 0 Å². The van der Waals surface area contributed by atoms with Crippen LogP contribution in [0.25, 0.3) is 10.8 Å². The summed E-state index contributed by atoms with van der Waals surface area (Å²) >= 11 is 6.04. The summed E-state index contributed by atoms with van der Waals surface area (Å²) in [7, 11) is 0. The molecule has 25 heavy (non-hydrogen) atoms. The van der Waals surface area contributed by atoms with Gasteiger partial charge in [-0.05, 0) is 48.9 Å². The molecule has 0 aliphatic heterocycles. The molecule has 0 aliphatic rings. The summed E-state index contributed by atoms with van der Waals surface area (Å²) in [6, 6.07) is 12.0. The van der Waals surface area contributed by atoms with Gasteiger partial charge in [0.15, 0.2) is 5.69 Å². The molecule has 2 aromatic carbocycles. The molecule has 0 unspecified atom stereocenters. The lowest BCUT2D eigenvalue weighted by atomic mass is 10.1. The minimum atomic E-state index is -0.438. The lowest BCUT2D eigenvalue weighted by Crippen LogP contribution is -2.23. The molecule has 0 radical (unpaired) electrons. The molecular formula is C18H19ClN4O2. The highest BCUT2D eigenvalue weighted by Gasteiger charge is 2.19. The van der Waals surface area contributed by atoms with Crippen LogP contribution in [0, 0.1) is 0 Å². The quantitative estimate of drug-likeness (QED) is 0.678. The molecule has 1 heterocycles. The van der Waals surface area contributed by atoms with Gasteiger partial charge >= 0.3 is 5.97 Å². The number of rotatable bonds is 6. The van der Waals surface area contributed by atoms with E-state index in [1.165, 1.54) is 0 Å². The number of fused-ring (bicyclic) bond motifs is 1. The zero-order chi connectivity index (χ0) is 17.8. The Labute approximate surface area is 150 Å². The molecule has 0 saturated heterocycles. The smallest absolute Gasteiger partial charge is 0.358 e. The number of H-pyrrole nitrogens is 1. The van der Waals surface area contributed by atoms with Crippen LogP contribution >= 0.6 is 11.6 Å². The first kappa shape index (κ1) is 17.2. The van der Waals surface area contributed by atoms with Gasteiger partial charge in [0, 0.05) is 17.3 Å². The number of carbonyl (C=O) groups excluding carboxylic acids is 1. The number of aromatic nitrogens is 3. The van der Waals surface area contributed by atoms with E-state index in [-0.39, 0.29) is 0 Å². The molecule has 7 heteroatoms. The topological polar surface area (TPSA) is 71.1 Å². The average molecular weight is 359 g/mol. The number of ether oxygens (including phenoxy) is 1. The number of nitrogens with zero attached hydrogens (tertiary/aromatic N) is 3. The highest BCUT2D eigenvalue weighted by atomic mass is 35.5. The number of hydrogen-bond acceptors (Lipinski definition) is 5. The van der Waals surface area contributed by atoms with Crippen LogP contribution in [0.15, 0.2) is 36.4 Å². The van der Waals surface area contributed by atoms with E-state index >= 15 is 0 Å². The van der Waals surface area contributed by atoms with Crippen molar-refractivity contribution in [2.45, 2.75) is 20.4 Å². The van der Waals surface area contributed by atoms with Crippen molar-refractivity contribution >= 4 is 34.0 Å². The second-order valence-electron chi connectivity index (χ2n) is 5.54. The number of hydrogen-bond donors (Lipinski definition) is 1. The molecule has 0 bridgehead atoms. The summed E-state index contributed by atoms with van der Waals surface area (Å²) in [5.41, 5.74) is 1.90. The molecule has 0 spiro atoms. The number of esters is 1. The molecule has 3 rings (SSSR count). The molecule has 1 aromatic heterocycles. The fourth-order valence-corrected chi connectivity index (χ4v) is 2.87. The highest BCUT2D eigenvalue weighted by Crippen LogP contribution is 2.26. The summed E-state index contributed by atoms with van der Waals surface area (Å²) in [4.78, 5) is 14.1. The molecule has 6 nitrogen and oxygen atoms in total. The van der Waals surface area contributed by atoms with Gasteiger partial charge in [-0.1, -0.05) is 28.9 Å². The lowest BCUT2D eigenvalue weighted by Gasteiger charge is -2.22. The second kappa shape index (κ2) is 7.53. The molecule has 0 amide bonds. The number of anilines is 1. The Hall–Kier alpha value is -2.60. The van der Waals surface area contributed by atoms with Gasteiger partial charge in [0.25, 0.3) is 0 Å². The van der Waals surface area contributed by atoms with Crippen molar-refractivity contribution in [2.75, 3.05) is 18.1 Å². The zero-order valence-electron chi connectivity index (χ0n) is 14.1. The minimum absolute atomic E-state index is 0.299. The van der Waals surface area contributed by atoms with Gasteiger partial charge in [-0.25, -0.2) is 4.79 Å². The summed E-state index contributed by atoms with van der Waals surface area (Å²) in [5.74, 6) is -0.438. The summed E-state index contributed by atoms with van der Waals surface area (Å²) in [6.45, 7) is 5.34. The van der Waals surface area contributed by atoms with Gasteiger partial charge in [0.05, 0.1) is 13.2 Å². The van der Waals surface area contributed by atoms with Gasteiger partial charge in [-0.3, -0.25) is 5.10 Å². The maximum absolute atomic E-state index is 12.0. The van der Waals surface area contributed by atoms with E-state index in [0.717, 1.165) is 23.0 Å². The Morgan fingerprint density at radius 1 is 1.20 bits per heavy atom. The van der Waals surface area contributed by atoms with Crippen molar-refractivity contribution < 1.29 is 9.53 Å². The fraction of sp³-hybridized carbons (Fsp3) is 0.278. The van der Waals surface area contributed by atoms with Crippen molar-refractivity contribution in [2.24, 2.45) is 0 Å². The Morgan fingerprint density at radius 3 is 2.72 bits per heavy atom. The monoisotopic (exact) mass is 358 g/mol. The van der Waals surface area contributed by atoms with Crippen LogP contribution < -0.4 is 4.90 Å². The summed E-state index contributed by atoms with van der Waals surface area (Å²) in [5, 5.41) is 13.3. The number of nitrogens with one attached hydrogen (secondary N) is 1. The number of benzene rings is 2. The van der Waals surface area contributed by atoms with E-state index in [1.54, 1.807) is 6.92 Å². The molecule has 3 aromatic rings. The first-order valence-electron chi connectivity index (χ1n) is 8.13. The Bertz CT molecular complexity index is 894. The van der Waals surface area contributed by atoms with E-state index in [4.69, 9.17) is 16.3 Å². The summed E-state index contributed by atoms with van der Waals surface area (Å²) < 4.78 is 5.04. The summed E-state index contributed by atoms with van der Waals surface area (Å²) in [6.07, 6.45) is 0. The maximum Gasteiger partial charge on any atom is 0.358 e. The predicted octanol–water partition coefficient (Wildman–Crippen LogP) is 3.81. The third kappa shape index (κ3) is 3.74. The third-order valence-electron chi connectivity index (χ3n) is 3.97. The van der Waals surface area contributed by atoms with Crippen LogP contribution in [-0.2, 0) is 11.3 Å². The van der Waals surface area contributed by atoms with Gasteiger partial charge in [-0.2, -0.15) is 0 Å². The van der Waals surface area contributed by atoms with Crippen LogP contribution in [0.4, 0.5) is 5.69 Å². The van der Waals surface area contributed by atoms with Crippen LogP contribution in [0.5, 0.6) is 0 Å². The fourth-order valence-electron chi connectivity index (χ4n) is 2.69. The number of aromatic amines is 1. The van der Waals surface area contributed by atoms with E-state index < -0.39 is 5.97 Å². The largest absolute Gasteiger partial charge is 0.461 e. The normalized spacial score (nSPS) is 10.8. The van der Waals surface area contributed by atoms with Gasteiger partial charge in [-0.15, -0.1) is 5.10 Å². The van der Waals surface area contributed by atoms with Crippen molar-refractivity contribution in [1.29, 1.82) is 0 Å². The van der Waals surface area contributed by atoms with Crippen molar-refractivity contribution in [3.63, 3.8) is 0 Å². The molecule has 0 atom stereocenters. The lowest BCUT2D eigenvalue weighted by molar-refractivity contribution is 0.0518. The number of halogens is 1. The first-order valence-corrected chi connectivity index (χ1v) is 8.51. The number of carbonyl (C=O) groups is 1. The first-order chi connectivity index (χ1) is 12.1. The zero-order valence-corrected chi connectivity index (χ0v) is 14.9. The minimum Gasteiger partial charge on any atom is -0.461 e. The van der Waals surface area contributed by atoms with Gasteiger partial charge in [0.1, 0.15) is 5.69 Å². The van der Waals surface area contributed by atoms with Gasteiger partial charge in [0.2, 0.25) is 0 Å².